The number of benzene rings is 1. The summed E-state index contributed by atoms with van der Waals surface area (Å²) in [6, 6.07) is 8.11. The van der Waals surface area contributed by atoms with Gasteiger partial charge in [-0.15, -0.1) is 0 Å². The van der Waals surface area contributed by atoms with Crippen LogP contribution >= 0.6 is 0 Å². The molecule has 1 aromatic carbocycles. The molecule has 0 aliphatic carbocycles. The average Bonchev–Trinajstić information content (AvgIpc) is 2.81. The van der Waals surface area contributed by atoms with E-state index < -0.39 is 0 Å². The SMILES string of the molecule is Cc1ccc(CC(=O)N2CCC(CON)C2)cc1. The zero-order chi connectivity index (χ0) is 13.0. The highest BCUT2D eigenvalue weighted by atomic mass is 16.6. The Morgan fingerprint density at radius 1 is 1.44 bits per heavy atom. The third-order valence-corrected chi connectivity index (χ3v) is 3.45. The fraction of sp³-hybridized carbons (Fsp3) is 0.500. The van der Waals surface area contributed by atoms with Crippen LogP contribution in [-0.4, -0.2) is 30.5 Å². The first kappa shape index (κ1) is 13.1. The van der Waals surface area contributed by atoms with E-state index in [0.717, 1.165) is 25.1 Å². The predicted octanol–water partition coefficient (Wildman–Crippen LogP) is 1.28. The van der Waals surface area contributed by atoms with Crippen LogP contribution in [0.2, 0.25) is 0 Å². The summed E-state index contributed by atoms with van der Waals surface area (Å²) in [5, 5.41) is 0. The molecule has 0 bridgehead atoms. The van der Waals surface area contributed by atoms with Crippen molar-refractivity contribution in [2.45, 2.75) is 19.8 Å². The molecule has 1 aliphatic rings. The first-order valence-electron chi connectivity index (χ1n) is 6.34. The van der Waals surface area contributed by atoms with Crippen molar-refractivity contribution in [2.75, 3.05) is 19.7 Å². The molecule has 2 rings (SSSR count). The lowest BCUT2D eigenvalue weighted by atomic mass is 10.1. The quantitative estimate of drug-likeness (QED) is 0.817. The molecular weight excluding hydrogens is 228 g/mol. The second-order valence-corrected chi connectivity index (χ2v) is 4.99. The molecule has 1 aromatic rings. The third kappa shape index (κ3) is 3.31. The zero-order valence-electron chi connectivity index (χ0n) is 10.8. The maximum Gasteiger partial charge on any atom is 0.227 e. The van der Waals surface area contributed by atoms with Gasteiger partial charge in [0.1, 0.15) is 0 Å². The summed E-state index contributed by atoms with van der Waals surface area (Å²) in [4.78, 5) is 18.7. The topological polar surface area (TPSA) is 55.6 Å². The van der Waals surface area contributed by atoms with Crippen LogP contribution in [0.3, 0.4) is 0 Å². The van der Waals surface area contributed by atoms with Gasteiger partial charge < -0.3 is 9.74 Å². The minimum absolute atomic E-state index is 0.193. The Bertz CT molecular complexity index is 403. The molecule has 1 aliphatic heterocycles. The lowest BCUT2D eigenvalue weighted by molar-refractivity contribution is -0.129. The fourth-order valence-electron chi connectivity index (χ4n) is 2.32. The van der Waals surface area contributed by atoms with Crippen molar-refractivity contribution in [3.63, 3.8) is 0 Å². The van der Waals surface area contributed by atoms with Crippen LogP contribution in [0.15, 0.2) is 24.3 Å². The molecule has 98 valence electrons. The number of nitrogens with two attached hydrogens (primary N) is 1. The van der Waals surface area contributed by atoms with Gasteiger partial charge in [0.15, 0.2) is 0 Å². The highest BCUT2D eigenvalue weighted by molar-refractivity contribution is 5.79. The molecule has 4 heteroatoms. The van der Waals surface area contributed by atoms with E-state index in [4.69, 9.17) is 5.90 Å². The van der Waals surface area contributed by atoms with Crippen LogP contribution in [0.5, 0.6) is 0 Å². The van der Waals surface area contributed by atoms with E-state index in [-0.39, 0.29) is 5.91 Å². The smallest absolute Gasteiger partial charge is 0.227 e. The Hall–Kier alpha value is -1.39. The van der Waals surface area contributed by atoms with Gasteiger partial charge in [0.25, 0.3) is 0 Å². The molecule has 1 atom stereocenters. The minimum Gasteiger partial charge on any atom is -0.342 e. The molecule has 1 unspecified atom stereocenters. The van der Waals surface area contributed by atoms with Crippen molar-refractivity contribution < 1.29 is 9.63 Å². The van der Waals surface area contributed by atoms with E-state index in [2.05, 4.69) is 4.84 Å². The maximum absolute atomic E-state index is 12.1. The predicted molar refractivity (Wildman–Crippen MR) is 69.7 cm³/mol. The molecule has 1 fully saturated rings. The van der Waals surface area contributed by atoms with E-state index in [1.807, 2.05) is 36.1 Å². The van der Waals surface area contributed by atoms with Gasteiger partial charge in [0.05, 0.1) is 13.0 Å². The monoisotopic (exact) mass is 248 g/mol. The van der Waals surface area contributed by atoms with E-state index in [1.54, 1.807) is 0 Å². The Kier molecular flexibility index (Phi) is 4.33. The molecule has 0 radical (unpaired) electrons. The number of nitrogens with zero attached hydrogens (tertiary/aromatic N) is 1. The lowest BCUT2D eigenvalue weighted by Gasteiger charge is -2.16. The molecule has 1 saturated heterocycles. The summed E-state index contributed by atoms with van der Waals surface area (Å²) in [7, 11) is 0. The van der Waals surface area contributed by atoms with Gasteiger partial charge in [-0.1, -0.05) is 29.8 Å². The highest BCUT2D eigenvalue weighted by Crippen LogP contribution is 2.17. The van der Waals surface area contributed by atoms with Crippen LogP contribution in [0.1, 0.15) is 17.5 Å². The Labute approximate surface area is 108 Å². The number of hydrogen-bond acceptors (Lipinski definition) is 3. The largest absolute Gasteiger partial charge is 0.342 e. The summed E-state index contributed by atoms with van der Waals surface area (Å²) in [5.41, 5.74) is 2.29. The van der Waals surface area contributed by atoms with Crippen LogP contribution in [0.4, 0.5) is 0 Å². The molecule has 1 heterocycles. The number of aryl methyl sites for hydroxylation is 1. The van der Waals surface area contributed by atoms with Crippen molar-refractivity contribution in [3.8, 4) is 0 Å². The fourth-order valence-corrected chi connectivity index (χ4v) is 2.32. The van der Waals surface area contributed by atoms with Gasteiger partial charge in [-0.05, 0) is 18.9 Å². The molecule has 0 saturated carbocycles. The molecule has 4 nitrogen and oxygen atoms in total. The molecular formula is C14H20N2O2. The van der Waals surface area contributed by atoms with E-state index >= 15 is 0 Å². The van der Waals surface area contributed by atoms with Gasteiger partial charge in [-0.2, -0.15) is 0 Å². The number of amides is 1. The number of likely N-dealkylation sites (tertiary alicyclic amines) is 1. The van der Waals surface area contributed by atoms with Crippen LogP contribution in [-0.2, 0) is 16.1 Å². The van der Waals surface area contributed by atoms with Gasteiger partial charge in [-0.3, -0.25) is 4.79 Å². The van der Waals surface area contributed by atoms with Crippen molar-refractivity contribution >= 4 is 5.91 Å². The summed E-state index contributed by atoms with van der Waals surface area (Å²) < 4.78 is 0. The Morgan fingerprint density at radius 2 is 2.17 bits per heavy atom. The highest BCUT2D eigenvalue weighted by Gasteiger charge is 2.25. The normalized spacial score (nSPS) is 19.2. The summed E-state index contributed by atoms with van der Waals surface area (Å²) in [5.74, 6) is 5.64. The lowest BCUT2D eigenvalue weighted by Crippen LogP contribution is -2.30. The van der Waals surface area contributed by atoms with Crippen molar-refractivity contribution in [1.29, 1.82) is 0 Å². The van der Waals surface area contributed by atoms with Crippen molar-refractivity contribution in [3.05, 3.63) is 35.4 Å². The number of hydrogen-bond donors (Lipinski definition) is 1. The number of carbonyl (C=O) groups excluding carboxylic acids is 1. The van der Waals surface area contributed by atoms with E-state index in [1.165, 1.54) is 5.56 Å². The Morgan fingerprint density at radius 3 is 2.83 bits per heavy atom. The minimum atomic E-state index is 0.193. The molecule has 18 heavy (non-hydrogen) atoms. The standard InChI is InChI=1S/C14H20N2O2/c1-11-2-4-12(5-3-11)8-14(17)16-7-6-13(9-16)10-18-15/h2-5,13H,6-10,15H2,1H3. The summed E-state index contributed by atoms with van der Waals surface area (Å²) in [6.45, 7) is 4.17. The second kappa shape index (κ2) is 5.98. The molecule has 2 N–H and O–H groups in total. The van der Waals surface area contributed by atoms with E-state index in [9.17, 15) is 4.79 Å². The molecule has 0 spiro atoms. The van der Waals surface area contributed by atoms with Crippen molar-refractivity contribution in [2.24, 2.45) is 11.8 Å². The second-order valence-electron chi connectivity index (χ2n) is 4.99. The van der Waals surface area contributed by atoms with E-state index in [0.29, 0.717) is 18.9 Å². The molecule has 1 amide bonds. The van der Waals surface area contributed by atoms with Gasteiger partial charge in [0, 0.05) is 19.0 Å². The summed E-state index contributed by atoms with van der Waals surface area (Å²) >= 11 is 0. The van der Waals surface area contributed by atoms with Crippen molar-refractivity contribution in [1.82, 2.24) is 4.90 Å². The average molecular weight is 248 g/mol. The maximum atomic E-state index is 12.1. The number of rotatable bonds is 4. The van der Waals surface area contributed by atoms with Crippen LogP contribution in [0.25, 0.3) is 0 Å². The number of carbonyl (C=O) groups is 1. The third-order valence-electron chi connectivity index (χ3n) is 3.45. The van der Waals surface area contributed by atoms with Gasteiger partial charge >= 0.3 is 0 Å². The van der Waals surface area contributed by atoms with Crippen LogP contribution in [0, 0.1) is 12.8 Å². The molecule has 0 aromatic heterocycles. The first-order chi connectivity index (χ1) is 8.69. The summed E-state index contributed by atoms with van der Waals surface area (Å²) in [6.07, 6.45) is 1.47. The zero-order valence-corrected chi connectivity index (χ0v) is 10.8. The first-order valence-corrected chi connectivity index (χ1v) is 6.34. The van der Waals surface area contributed by atoms with Gasteiger partial charge in [0.2, 0.25) is 5.91 Å². The van der Waals surface area contributed by atoms with Crippen LogP contribution < -0.4 is 5.90 Å². The Balaban J connectivity index is 1.87. The van der Waals surface area contributed by atoms with Gasteiger partial charge in [-0.25, -0.2) is 5.90 Å².